The summed E-state index contributed by atoms with van der Waals surface area (Å²) in [6.07, 6.45) is 1.62. The molecule has 0 spiro atoms. The third-order valence-corrected chi connectivity index (χ3v) is 7.19. The van der Waals surface area contributed by atoms with E-state index in [-0.39, 0.29) is 18.3 Å². The van der Waals surface area contributed by atoms with E-state index in [1.165, 1.54) is 23.0 Å². The van der Waals surface area contributed by atoms with Crippen LogP contribution in [0.5, 0.6) is 17.2 Å². The van der Waals surface area contributed by atoms with Crippen molar-refractivity contribution in [2.24, 2.45) is 4.99 Å². The van der Waals surface area contributed by atoms with Gasteiger partial charge in [0.05, 0.1) is 47.3 Å². The number of thiazole rings is 1. The van der Waals surface area contributed by atoms with Crippen molar-refractivity contribution in [3.8, 4) is 17.2 Å². The minimum Gasteiger partial charge on any atom is -0.491 e. The number of fused-ring (bicyclic) bond motifs is 1. The summed E-state index contributed by atoms with van der Waals surface area (Å²) in [4.78, 5) is 32.3. The summed E-state index contributed by atoms with van der Waals surface area (Å²) in [6, 6.07) is 10.1. The first-order chi connectivity index (χ1) is 18.7. The van der Waals surface area contributed by atoms with E-state index in [1.807, 2.05) is 45.0 Å². The van der Waals surface area contributed by atoms with Crippen LogP contribution >= 0.6 is 22.9 Å². The van der Waals surface area contributed by atoms with Crippen molar-refractivity contribution in [3.05, 3.63) is 83.5 Å². The highest BCUT2D eigenvalue weighted by Crippen LogP contribution is 2.37. The Morgan fingerprint density at radius 3 is 2.59 bits per heavy atom. The van der Waals surface area contributed by atoms with E-state index >= 15 is 0 Å². The summed E-state index contributed by atoms with van der Waals surface area (Å²) in [6.45, 7) is 9.81. The molecule has 0 fully saturated rings. The molecule has 2 heterocycles. The fourth-order valence-electron chi connectivity index (χ4n) is 4.44. The maximum atomic E-state index is 14.0. The third kappa shape index (κ3) is 5.74. The number of benzene rings is 2. The second-order valence-corrected chi connectivity index (χ2v) is 10.4. The molecule has 1 atom stereocenters. The standard InChI is InChI=1S/C29H31ClN2O6S/c1-7-36-22-14-18(13-20(30)26(22)35-6)15-23-27(33)32-25(19-11-9-10-12-21(19)38-16(3)4)24(28(34)37-8-2)17(5)31-29(32)39-23/h9-16,25H,7-8H2,1-6H3/b23-15+/t25-/m1/s1. The lowest BCUT2D eigenvalue weighted by Crippen LogP contribution is -2.40. The molecular formula is C29H31ClN2O6S. The van der Waals surface area contributed by atoms with E-state index in [4.69, 9.17) is 30.5 Å². The average molecular weight is 571 g/mol. The minimum absolute atomic E-state index is 0.113. The van der Waals surface area contributed by atoms with Gasteiger partial charge in [0.2, 0.25) is 0 Å². The van der Waals surface area contributed by atoms with E-state index < -0.39 is 12.0 Å². The van der Waals surface area contributed by atoms with Crippen LogP contribution in [0.2, 0.25) is 5.02 Å². The molecule has 0 bridgehead atoms. The Morgan fingerprint density at radius 2 is 1.92 bits per heavy atom. The van der Waals surface area contributed by atoms with Gasteiger partial charge in [0.15, 0.2) is 16.3 Å². The molecule has 8 nitrogen and oxygen atoms in total. The summed E-state index contributed by atoms with van der Waals surface area (Å²) >= 11 is 7.67. The van der Waals surface area contributed by atoms with Crippen LogP contribution in [-0.2, 0) is 9.53 Å². The molecule has 0 aliphatic carbocycles. The highest BCUT2D eigenvalue weighted by molar-refractivity contribution is 7.07. The van der Waals surface area contributed by atoms with Crippen molar-refractivity contribution in [1.82, 2.24) is 4.57 Å². The Labute approximate surface area is 235 Å². The molecule has 3 aromatic rings. The fraction of sp³-hybridized carbons (Fsp3) is 0.345. The Kier molecular flexibility index (Phi) is 8.82. The van der Waals surface area contributed by atoms with Crippen molar-refractivity contribution in [2.45, 2.75) is 46.8 Å². The zero-order valence-corrected chi connectivity index (χ0v) is 24.3. The molecule has 0 amide bonds. The monoisotopic (exact) mass is 570 g/mol. The van der Waals surface area contributed by atoms with Crippen LogP contribution in [0.15, 0.2) is 57.5 Å². The van der Waals surface area contributed by atoms with Crippen LogP contribution in [0.4, 0.5) is 0 Å². The third-order valence-electron chi connectivity index (χ3n) is 5.93. The first-order valence-corrected chi connectivity index (χ1v) is 13.8. The number of methoxy groups -OCH3 is 1. The number of carbonyl (C=O) groups is 1. The Hall–Kier alpha value is -3.56. The number of esters is 1. The number of ether oxygens (including phenoxy) is 4. The predicted molar refractivity (Wildman–Crippen MR) is 152 cm³/mol. The second-order valence-electron chi connectivity index (χ2n) is 8.97. The largest absolute Gasteiger partial charge is 0.491 e. The number of hydrogen-bond acceptors (Lipinski definition) is 8. The maximum Gasteiger partial charge on any atom is 0.338 e. The first-order valence-electron chi connectivity index (χ1n) is 12.7. The lowest BCUT2D eigenvalue weighted by Gasteiger charge is -2.26. The van der Waals surface area contributed by atoms with Gasteiger partial charge in [0.1, 0.15) is 11.8 Å². The number of allylic oxidation sites excluding steroid dienone is 1. The summed E-state index contributed by atoms with van der Waals surface area (Å²) in [7, 11) is 1.52. The van der Waals surface area contributed by atoms with Crippen molar-refractivity contribution in [1.29, 1.82) is 0 Å². The molecule has 0 saturated heterocycles. The summed E-state index contributed by atoms with van der Waals surface area (Å²) in [5.74, 6) is 0.950. The molecule has 10 heteroatoms. The van der Waals surface area contributed by atoms with Crippen molar-refractivity contribution >= 4 is 35.0 Å². The Bertz CT molecular complexity index is 1600. The van der Waals surface area contributed by atoms with Crippen molar-refractivity contribution in [2.75, 3.05) is 20.3 Å². The number of hydrogen-bond donors (Lipinski definition) is 0. The highest BCUT2D eigenvalue weighted by atomic mass is 35.5. The van der Waals surface area contributed by atoms with E-state index in [9.17, 15) is 9.59 Å². The molecule has 2 aromatic carbocycles. The number of para-hydroxylation sites is 1. The van der Waals surface area contributed by atoms with Gasteiger partial charge in [0, 0.05) is 5.56 Å². The summed E-state index contributed by atoms with van der Waals surface area (Å²) in [5, 5.41) is 0.362. The van der Waals surface area contributed by atoms with Crippen LogP contribution in [0, 0.1) is 0 Å². The number of rotatable bonds is 9. The quantitative estimate of drug-likeness (QED) is 0.348. The molecule has 4 rings (SSSR count). The van der Waals surface area contributed by atoms with Crippen molar-refractivity contribution < 1.29 is 23.7 Å². The molecule has 39 heavy (non-hydrogen) atoms. The first kappa shape index (κ1) is 28.4. The topological polar surface area (TPSA) is 88.4 Å². The molecule has 0 N–H and O–H groups in total. The average Bonchev–Trinajstić information content (AvgIpc) is 3.17. The van der Waals surface area contributed by atoms with E-state index in [2.05, 4.69) is 4.99 Å². The zero-order chi connectivity index (χ0) is 28.3. The maximum absolute atomic E-state index is 14.0. The van der Waals surface area contributed by atoms with Gasteiger partial charge in [-0.15, -0.1) is 0 Å². The number of aromatic nitrogens is 1. The smallest absolute Gasteiger partial charge is 0.338 e. The summed E-state index contributed by atoms with van der Waals surface area (Å²) in [5.41, 5.74) is 1.80. The Balaban J connectivity index is 1.96. The van der Waals surface area contributed by atoms with Gasteiger partial charge in [0.25, 0.3) is 5.56 Å². The predicted octanol–water partition coefficient (Wildman–Crippen LogP) is 4.65. The fourth-order valence-corrected chi connectivity index (χ4v) is 5.78. The van der Waals surface area contributed by atoms with Gasteiger partial charge in [-0.25, -0.2) is 9.79 Å². The summed E-state index contributed by atoms with van der Waals surface area (Å²) < 4.78 is 24.5. The second kappa shape index (κ2) is 12.1. The minimum atomic E-state index is -0.782. The number of carbonyl (C=O) groups excluding carboxylic acids is 1. The van der Waals surface area contributed by atoms with Gasteiger partial charge in [-0.2, -0.15) is 0 Å². The lowest BCUT2D eigenvalue weighted by atomic mass is 9.95. The molecule has 1 aromatic heterocycles. The SMILES string of the molecule is CCOC(=O)C1=C(C)N=c2s/c(=C/c3cc(Cl)c(OC)c(OCC)c3)c(=O)n2[C@@H]1c1ccccc1OC(C)C. The molecule has 1 aliphatic rings. The van der Waals surface area contributed by atoms with E-state index in [0.29, 0.717) is 60.6 Å². The van der Waals surface area contributed by atoms with Gasteiger partial charge in [-0.05, 0) is 64.5 Å². The van der Waals surface area contributed by atoms with E-state index in [0.717, 1.165) is 0 Å². The highest BCUT2D eigenvalue weighted by Gasteiger charge is 2.35. The Morgan fingerprint density at radius 1 is 1.18 bits per heavy atom. The van der Waals surface area contributed by atoms with Gasteiger partial charge in [-0.3, -0.25) is 9.36 Å². The number of nitrogens with zero attached hydrogens (tertiary/aromatic N) is 2. The van der Waals surface area contributed by atoms with Gasteiger partial charge < -0.3 is 18.9 Å². The molecule has 0 saturated carbocycles. The van der Waals surface area contributed by atoms with Crippen LogP contribution in [0.1, 0.15) is 51.8 Å². The number of halogens is 1. The van der Waals surface area contributed by atoms with Gasteiger partial charge >= 0.3 is 5.97 Å². The molecule has 1 aliphatic heterocycles. The molecule has 0 unspecified atom stereocenters. The van der Waals surface area contributed by atoms with E-state index in [1.54, 1.807) is 32.1 Å². The lowest BCUT2D eigenvalue weighted by molar-refractivity contribution is -0.139. The molecular weight excluding hydrogens is 540 g/mol. The van der Waals surface area contributed by atoms with Gasteiger partial charge in [-0.1, -0.05) is 41.1 Å². The molecule has 0 radical (unpaired) electrons. The normalized spacial score (nSPS) is 15.2. The zero-order valence-electron chi connectivity index (χ0n) is 22.7. The van der Waals surface area contributed by atoms with Crippen LogP contribution in [-0.4, -0.2) is 37.0 Å². The van der Waals surface area contributed by atoms with Crippen LogP contribution < -0.4 is 29.1 Å². The van der Waals surface area contributed by atoms with Crippen molar-refractivity contribution in [3.63, 3.8) is 0 Å². The van der Waals surface area contributed by atoms with Crippen LogP contribution in [0.25, 0.3) is 6.08 Å². The molecule has 206 valence electrons. The van der Waals surface area contributed by atoms with Crippen LogP contribution in [0.3, 0.4) is 0 Å².